The van der Waals surface area contributed by atoms with Crippen molar-refractivity contribution >= 4 is 5.97 Å². The summed E-state index contributed by atoms with van der Waals surface area (Å²) in [6.07, 6.45) is 0.305. The zero-order valence-electron chi connectivity index (χ0n) is 11.0. The number of phenolic OH excluding ortho intramolecular Hbond substituents is 1. The number of nitriles is 1. The number of rotatable bonds is 3. The molecule has 100 valence electrons. The minimum absolute atomic E-state index is 0.00216. The van der Waals surface area contributed by atoms with Crippen molar-refractivity contribution in [1.29, 1.82) is 5.26 Å². The smallest absolute Gasteiger partial charge is 0.338 e. The Kier molecular flexibility index (Phi) is 4.02. The predicted molar refractivity (Wildman–Crippen MR) is 74.2 cm³/mol. The molecule has 2 aromatic rings. The van der Waals surface area contributed by atoms with Gasteiger partial charge in [0.2, 0.25) is 0 Å². The summed E-state index contributed by atoms with van der Waals surface area (Å²) in [6, 6.07) is 14.0. The number of benzene rings is 2. The fraction of sp³-hybridized carbons (Fsp3) is 0.125. The highest BCUT2D eigenvalue weighted by atomic mass is 16.5. The minimum Gasteiger partial charge on any atom is -0.508 e. The number of carbonyl (C=O) groups is 1. The SMILES string of the molecule is COC(=O)c1cc(O)ccc1-c1cccc(CC#N)c1. The van der Waals surface area contributed by atoms with Crippen LogP contribution in [0.25, 0.3) is 11.1 Å². The Morgan fingerprint density at radius 3 is 2.80 bits per heavy atom. The Balaban J connectivity index is 2.55. The van der Waals surface area contributed by atoms with Crippen molar-refractivity contribution < 1.29 is 14.6 Å². The van der Waals surface area contributed by atoms with Crippen LogP contribution in [0.15, 0.2) is 42.5 Å². The van der Waals surface area contributed by atoms with E-state index >= 15 is 0 Å². The first-order chi connectivity index (χ1) is 9.65. The Morgan fingerprint density at radius 2 is 2.10 bits per heavy atom. The number of ether oxygens (including phenoxy) is 1. The molecule has 0 atom stereocenters. The summed E-state index contributed by atoms with van der Waals surface area (Å²) in [4.78, 5) is 11.8. The molecule has 0 aliphatic heterocycles. The lowest BCUT2D eigenvalue weighted by atomic mass is 9.97. The summed E-state index contributed by atoms with van der Waals surface area (Å²) < 4.78 is 4.73. The van der Waals surface area contributed by atoms with Gasteiger partial charge in [0.15, 0.2) is 0 Å². The molecule has 0 bridgehead atoms. The molecular weight excluding hydrogens is 254 g/mol. The number of hydrogen-bond acceptors (Lipinski definition) is 4. The van der Waals surface area contributed by atoms with E-state index in [1.807, 2.05) is 24.3 Å². The Morgan fingerprint density at radius 1 is 1.30 bits per heavy atom. The van der Waals surface area contributed by atoms with Gasteiger partial charge in [0.05, 0.1) is 25.2 Å². The van der Waals surface area contributed by atoms with E-state index in [0.717, 1.165) is 11.1 Å². The predicted octanol–water partition coefficient (Wildman–Crippen LogP) is 2.91. The molecule has 0 saturated heterocycles. The fourth-order valence-corrected chi connectivity index (χ4v) is 2.00. The van der Waals surface area contributed by atoms with Gasteiger partial charge in [-0.2, -0.15) is 5.26 Å². The first-order valence-electron chi connectivity index (χ1n) is 6.03. The van der Waals surface area contributed by atoms with Gasteiger partial charge in [-0.1, -0.05) is 24.3 Å². The summed E-state index contributed by atoms with van der Waals surface area (Å²) >= 11 is 0. The van der Waals surface area contributed by atoms with Crippen molar-refractivity contribution in [2.75, 3.05) is 7.11 Å². The zero-order chi connectivity index (χ0) is 14.5. The summed E-state index contributed by atoms with van der Waals surface area (Å²) in [5, 5.41) is 18.3. The fourth-order valence-electron chi connectivity index (χ4n) is 2.00. The average Bonchev–Trinajstić information content (AvgIpc) is 2.47. The molecular formula is C16H13NO3. The van der Waals surface area contributed by atoms with E-state index < -0.39 is 5.97 Å². The Labute approximate surface area is 116 Å². The van der Waals surface area contributed by atoms with Gasteiger partial charge in [0.25, 0.3) is 0 Å². The van der Waals surface area contributed by atoms with Gasteiger partial charge in [0, 0.05) is 0 Å². The molecule has 0 saturated carbocycles. The van der Waals surface area contributed by atoms with Gasteiger partial charge >= 0.3 is 5.97 Å². The van der Waals surface area contributed by atoms with E-state index in [2.05, 4.69) is 6.07 Å². The van der Waals surface area contributed by atoms with Crippen molar-refractivity contribution in [3.63, 3.8) is 0 Å². The van der Waals surface area contributed by atoms with Crippen molar-refractivity contribution in [3.8, 4) is 22.9 Å². The summed E-state index contributed by atoms with van der Waals surface area (Å²) in [5.41, 5.74) is 2.63. The molecule has 20 heavy (non-hydrogen) atoms. The normalized spacial score (nSPS) is 9.80. The van der Waals surface area contributed by atoms with Crippen molar-refractivity contribution in [2.24, 2.45) is 0 Å². The quantitative estimate of drug-likeness (QED) is 0.868. The van der Waals surface area contributed by atoms with Crippen molar-refractivity contribution in [1.82, 2.24) is 0 Å². The molecule has 0 aromatic heterocycles. The number of nitrogens with zero attached hydrogens (tertiary/aromatic N) is 1. The highest BCUT2D eigenvalue weighted by Gasteiger charge is 2.14. The topological polar surface area (TPSA) is 70.3 Å². The Bertz CT molecular complexity index is 686. The molecule has 1 N–H and O–H groups in total. The lowest BCUT2D eigenvalue weighted by Crippen LogP contribution is -2.03. The van der Waals surface area contributed by atoms with E-state index in [0.29, 0.717) is 17.5 Å². The van der Waals surface area contributed by atoms with Crippen LogP contribution >= 0.6 is 0 Å². The van der Waals surface area contributed by atoms with Crippen LogP contribution in [-0.2, 0) is 11.2 Å². The second-order valence-corrected chi connectivity index (χ2v) is 4.26. The van der Waals surface area contributed by atoms with E-state index in [-0.39, 0.29) is 5.75 Å². The standard InChI is InChI=1S/C16H13NO3/c1-20-16(19)15-10-13(18)5-6-14(15)12-4-2-3-11(9-12)7-8-17/h2-6,9-10,18H,7H2,1H3. The Hall–Kier alpha value is -2.80. The minimum atomic E-state index is -0.512. The maximum absolute atomic E-state index is 11.8. The summed E-state index contributed by atoms with van der Waals surface area (Å²) in [5.74, 6) is -0.510. The van der Waals surface area contributed by atoms with Gasteiger partial charge in [0.1, 0.15) is 5.75 Å². The van der Waals surface area contributed by atoms with Crippen LogP contribution in [0.5, 0.6) is 5.75 Å². The monoisotopic (exact) mass is 267 g/mol. The lowest BCUT2D eigenvalue weighted by molar-refractivity contribution is 0.0601. The highest BCUT2D eigenvalue weighted by Crippen LogP contribution is 2.28. The van der Waals surface area contributed by atoms with E-state index in [1.165, 1.54) is 19.2 Å². The summed E-state index contributed by atoms with van der Waals surface area (Å²) in [7, 11) is 1.29. The zero-order valence-corrected chi connectivity index (χ0v) is 11.0. The van der Waals surface area contributed by atoms with Crippen molar-refractivity contribution in [2.45, 2.75) is 6.42 Å². The van der Waals surface area contributed by atoms with Crippen LogP contribution in [-0.4, -0.2) is 18.2 Å². The molecule has 2 aromatic carbocycles. The lowest BCUT2D eigenvalue weighted by Gasteiger charge is -2.09. The van der Waals surface area contributed by atoms with Crippen molar-refractivity contribution in [3.05, 3.63) is 53.6 Å². The third-order valence-electron chi connectivity index (χ3n) is 2.93. The number of aromatic hydroxyl groups is 1. The summed E-state index contributed by atoms with van der Waals surface area (Å²) in [6.45, 7) is 0. The molecule has 0 radical (unpaired) electrons. The second-order valence-electron chi connectivity index (χ2n) is 4.26. The van der Waals surface area contributed by atoms with E-state index in [1.54, 1.807) is 6.07 Å². The van der Waals surface area contributed by atoms with Crippen LogP contribution in [0.4, 0.5) is 0 Å². The number of carbonyl (C=O) groups excluding carboxylic acids is 1. The van der Waals surface area contributed by atoms with Gasteiger partial charge in [-0.3, -0.25) is 0 Å². The van der Waals surface area contributed by atoms with Crippen LogP contribution in [0.3, 0.4) is 0 Å². The molecule has 0 unspecified atom stereocenters. The molecule has 0 spiro atoms. The number of methoxy groups -OCH3 is 1. The molecule has 0 fully saturated rings. The van der Waals surface area contributed by atoms with E-state index in [9.17, 15) is 9.90 Å². The van der Waals surface area contributed by atoms with Gasteiger partial charge in [-0.05, 0) is 34.9 Å². The number of hydrogen-bond donors (Lipinski definition) is 1. The van der Waals surface area contributed by atoms with Crippen LogP contribution in [0.2, 0.25) is 0 Å². The van der Waals surface area contributed by atoms with Gasteiger partial charge in [-0.25, -0.2) is 4.79 Å². The van der Waals surface area contributed by atoms with E-state index in [4.69, 9.17) is 10.00 Å². The largest absolute Gasteiger partial charge is 0.508 e. The molecule has 0 aliphatic carbocycles. The maximum Gasteiger partial charge on any atom is 0.338 e. The molecule has 2 rings (SSSR count). The molecule has 0 amide bonds. The van der Waals surface area contributed by atoms with Crippen LogP contribution in [0.1, 0.15) is 15.9 Å². The molecule has 0 aliphatic rings. The molecule has 4 nitrogen and oxygen atoms in total. The second kappa shape index (κ2) is 5.89. The highest BCUT2D eigenvalue weighted by molar-refractivity contribution is 5.97. The first kappa shape index (κ1) is 13.6. The maximum atomic E-state index is 11.8. The van der Waals surface area contributed by atoms with Crippen LogP contribution in [0, 0.1) is 11.3 Å². The first-order valence-corrected chi connectivity index (χ1v) is 6.03. The third kappa shape index (κ3) is 2.78. The number of esters is 1. The molecule has 0 heterocycles. The van der Waals surface area contributed by atoms with Gasteiger partial charge < -0.3 is 9.84 Å². The number of phenols is 1. The average molecular weight is 267 g/mol. The molecule has 4 heteroatoms. The van der Waals surface area contributed by atoms with Crippen LogP contribution < -0.4 is 0 Å². The van der Waals surface area contributed by atoms with Gasteiger partial charge in [-0.15, -0.1) is 0 Å². The third-order valence-corrected chi connectivity index (χ3v) is 2.93.